The van der Waals surface area contributed by atoms with E-state index < -0.39 is 12.2 Å². The molecule has 17 heavy (non-hydrogen) atoms. The fourth-order valence-corrected chi connectivity index (χ4v) is 2.32. The van der Waals surface area contributed by atoms with Gasteiger partial charge in [-0.15, -0.1) is 0 Å². The average molecular weight is 236 g/mol. The van der Waals surface area contributed by atoms with Crippen molar-refractivity contribution < 1.29 is 10.2 Å². The van der Waals surface area contributed by atoms with E-state index >= 15 is 0 Å². The van der Waals surface area contributed by atoms with E-state index in [-0.39, 0.29) is 0 Å². The summed E-state index contributed by atoms with van der Waals surface area (Å²) in [6.07, 6.45) is -1.28. The zero-order valence-electron chi connectivity index (χ0n) is 10.3. The molecular weight excluding hydrogens is 216 g/mol. The number of rotatable bonds is 3. The van der Waals surface area contributed by atoms with Gasteiger partial charge >= 0.3 is 0 Å². The molecule has 4 heteroatoms. The van der Waals surface area contributed by atoms with E-state index in [9.17, 15) is 10.2 Å². The Hall–Kier alpha value is -1.10. The molecule has 1 aromatic rings. The normalized spacial score (nSPS) is 24.4. The standard InChI is InChI=1S/C13H20N2O2/c1-9-3-4-11(10(5-9)6-14-2)15-7-12(16)13(17)8-15/h3-5,12-14,16-17H,6-8H2,1-2H3. The molecule has 0 aromatic heterocycles. The van der Waals surface area contributed by atoms with E-state index in [2.05, 4.69) is 30.4 Å². The lowest BCUT2D eigenvalue weighted by Gasteiger charge is -2.22. The maximum atomic E-state index is 9.60. The number of β-amino-alcohol motifs (C(OH)–C–C–N with tert-alkyl or cyclic N) is 2. The number of aryl methyl sites for hydroxylation is 1. The highest BCUT2D eigenvalue weighted by Crippen LogP contribution is 2.26. The van der Waals surface area contributed by atoms with E-state index in [1.807, 2.05) is 11.9 Å². The number of hydrogen-bond donors (Lipinski definition) is 3. The van der Waals surface area contributed by atoms with Crippen LogP contribution < -0.4 is 10.2 Å². The van der Waals surface area contributed by atoms with Crippen LogP contribution in [0.1, 0.15) is 11.1 Å². The van der Waals surface area contributed by atoms with Gasteiger partial charge in [-0.05, 0) is 25.6 Å². The number of anilines is 1. The van der Waals surface area contributed by atoms with Crippen molar-refractivity contribution in [2.45, 2.75) is 25.7 Å². The highest BCUT2D eigenvalue weighted by atomic mass is 16.3. The number of aliphatic hydroxyl groups excluding tert-OH is 2. The molecule has 1 saturated heterocycles. The molecule has 0 aliphatic carbocycles. The number of benzene rings is 1. The van der Waals surface area contributed by atoms with Gasteiger partial charge in [0.1, 0.15) is 0 Å². The summed E-state index contributed by atoms with van der Waals surface area (Å²) in [6.45, 7) is 3.86. The molecule has 0 bridgehead atoms. The van der Waals surface area contributed by atoms with Crippen LogP contribution in [0.4, 0.5) is 5.69 Å². The Morgan fingerprint density at radius 3 is 2.53 bits per heavy atom. The molecule has 2 atom stereocenters. The van der Waals surface area contributed by atoms with Crippen LogP contribution in [0.2, 0.25) is 0 Å². The minimum atomic E-state index is -0.640. The maximum Gasteiger partial charge on any atom is 0.0990 e. The van der Waals surface area contributed by atoms with Gasteiger partial charge in [0.15, 0.2) is 0 Å². The summed E-state index contributed by atoms with van der Waals surface area (Å²) >= 11 is 0. The first-order valence-electron chi connectivity index (χ1n) is 5.97. The SMILES string of the molecule is CNCc1cc(C)ccc1N1CC(O)C(O)C1. The number of aliphatic hydroxyl groups is 2. The first-order valence-corrected chi connectivity index (χ1v) is 5.97. The Kier molecular flexibility index (Phi) is 3.66. The largest absolute Gasteiger partial charge is 0.389 e. The average Bonchev–Trinajstić information content (AvgIpc) is 2.60. The molecule has 0 radical (unpaired) electrons. The fourth-order valence-electron chi connectivity index (χ4n) is 2.32. The van der Waals surface area contributed by atoms with Gasteiger partial charge in [0, 0.05) is 25.3 Å². The monoisotopic (exact) mass is 236 g/mol. The predicted molar refractivity (Wildman–Crippen MR) is 68.2 cm³/mol. The second kappa shape index (κ2) is 5.04. The molecule has 1 aliphatic heterocycles. The molecule has 4 nitrogen and oxygen atoms in total. The van der Waals surface area contributed by atoms with E-state index in [4.69, 9.17) is 0 Å². The van der Waals surface area contributed by atoms with E-state index in [1.165, 1.54) is 11.1 Å². The van der Waals surface area contributed by atoms with Crippen molar-refractivity contribution >= 4 is 5.69 Å². The van der Waals surface area contributed by atoms with Crippen molar-refractivity contribution in [1.82, 2.24) is 5.32 Å². The molecule has 0 spiro atoms. The summed E-state index contributed by atoms with van der Waals surface area (Å²) in [5, 5.41) is 22.3. The van der Waals surface area contributed by atoms with Crippen molar-refractivity contribution in [2.75, 3.05) is 25.0 Å². The zero-order valence-corrected chi connectivity index (χ0v) is 10.3. The highest BCUT2D eigenvalue weighted by Gasteiger charge is 2.30. The molecule has 2 rings (SSSR count). The second-order valence-electron chi connectivity index (χ2n) is 4.70. The molecule has 2 unspecified atom stereocenters. The molecule has 3 N–H and O–H groups in total. The van der Waals surface area contributed by atoms with Crippen molar-refractivity contribution in [3.63, 3.8) is 0 Å². The Balaban J connectivity index is 2.25. The van der Waals surface area contributed by atoms with Crippen molar-refractivity contribution in [2.24, 2.45) is 0 Å². The molecule has 0 saturated carbocycles. The van der Waals surface area contributed by atoms with Crippen LogP contribution in [-0.2, 0) is 6.54 Å². The summed E-state index contributed by atoms with van der Waals surface area (Å²) in [7, 11) is 1.92. The predicted octanol–water partition coefficient (Wildman–Crippen LogP) is 0.256. The summed E-state index contributed by atoms with van der Waals surface area (Å²) in [4.78, 5) is 2.04. The third-order valence-electron chi connectivity index (χ3n) is 3.20. The minimum absolute atomic E-state index is 0.501. The van der Waals surface area contributed by atoms with Gasteiger partial charge < -0.3 is 20.4 Å². The molecular formula is C13H20N2O2. The summed E-state index contributed by atoms with van der Waals surface area (Å²) in [5.41, 5.74) is 3.52. The van der Waals surface area contributed by atoms with Gasteiger partial charge in [0.05, 0.1) is 12.2 Å². The third-order valence-corrected chi connectivity index (χ3v) is 3.20. The Labute approximate surface area is 102 Å². The van der Waals surface area contributed by atoms with Gasteiger partial charge in [-0.2, -0.15) is 0 Å². The zero-order chi connectivity index (χ0) is 12.4. The molecule has 0 amide bonds. The second-order valence-corrected chi connectivity index (χ2v) is 4.70. The summed E-state index contributed by atoms with van der Waals surface area (Å²) < 4.78 is 0. The summed E-state index contributed by atoms with van der Waals surface area (Å²) in [5.74, 6) is 0. The van der Waals surface area contributed by atoms with Gasteiger partial charge in [0.2, 0.25) is 0 Å². The van der Waals surface area contributed by atoms with E-state index in [0.29, 0.717) is 13.1 Å². The van der Waals surface area contributed by atoms with Gasteiger partial charge in [-0.1, -0.05) is 17.7 Å². The quantitative estimate of drug-likeness (QED) is 0.704. The van der Waals surface area contributed by atoms with Crippen LogP contribution in [0, 0.1) is 6.92 Å². The molecule has 94 valence electrons. The van der Waals surface area contributed by atoms with Crippen LogP contribution >= 0.6 is 0 Å². The molecule has 1 aromatic carbocycles. The van der Waals surface area contributed by atoms with Crippen LogP contribution in [0.5, 0.6) is 0 Å². The van der Waals surface area contributed by atoms with Crippen molar-refractivity contribution in [3.05, 3.63) is 29.3 Å². The van der Waals surface area contributed by atoms with Gasteiger partial charge in [-0.3, -0.25) is 0 Å². The smallest absolute Gasteiger partial charge is 0.0990 e. The lowest BCUT2D eigenvalue weighted by Crippen LogP contribution is -2.23. The molecule has 1 fully saturated rings. The summed E-state index contributed by atoms with van der Waals surface area (Å²) in [6, 6.07) is 6.27. The van der Waals surface area contributed by atoms with E-state index in [1.54, 1.807) is 0 Å². The highest BCUT2D eigenvalue weighted by molar-refractivity contribution is 5.56. The Morgan fingerprint density at radius 2 is 1.94 bits per heavy atom. The number of nitrogens with zero attached hydrogens (tertiary/aromatic N) is 1. The van der Waals surface area contributed by atoms with Crippen LogP contribution in [0.25, 0.3) is 0 Å². The van der Waals surface area contributed by atoms with Crippen LogP contribution in [0.15, 0.2) is 18.2 Å². The number of nitrogens with one attached hydrogen (secondary N) is 1. The lowest BCUT2D eigenvalue weighted by molar-refractivity contribution is 0.0572. The van der Waals surface area contributed by atoms with Gasteiger partial charge in [-0.25, -0.2) is 0 Å². The fraction of sp³-hybridized carbons (Fsp3) is 0.538. The van der Waals surface area contributed by atoms with Crippen molar-refractivity contribution in [3.8, 4) is 0 Å². The van der Waals surface area contributed by atoms with E-state index in [0.717, 1.165) is 12.2 Å². The van der Waals surface area contributed by atoms with Crippen LogP contribution in [-0.4, -0.2) is 42.6 Å². The topological polar surface area (TPSA) is 55.7 Å². The Bertz CT molecular complexity index is 385. The number of hydrogen-bond acceptors (Lipinski definition) is 4. The van der Waals surface area contributed by atoms with Crippen LogP contribution in [0.3, 0.4) is 0 Å². The first-order chi connectivity index (χ1) is 8.11. The first kappa shape index (κ1) is 12.4. The maximum absolute atomic E-state index is 9.60. The molecule has 1 heterocycles. The van der Waals surface area contributed by atoms with Crippen molar-refractivity contribution in [1.29, 1.82) is 0 Å². The molecule has 1 aliphatic rings. The Morgan fingerprint density at radius 1 is 1.29 bits per heavy atom. The van der Waals surface area contributed by atoms with Gasteiger partial charge in [0.25, 0.3) is 0 Å². The lowest BCUT2D eigenvalue weighted by atomic mass is 10.1. The minimum Gasteiger partial charge on any atom is -0.389 e. The third kappa shape index (κ3) is 2.60.